The van der Waals surface area contributed by atoms with Gasteiger partial charge in [-0.05, 0) is 54.4 Å². The van der Waals surface area contributed by atoms with Crippen LogP contribution in [0.3, 0.4) is 0 Å². The molecule has 0 bridgehead atoms. The van der Waals surface area contributed by atoms with E-state index in [0.717, 1.165) is 6.42 Å². The van der Waals surface area contributed by atoms with Crippen molar-refractivity contribution in [1.82, 2.24) is 4.98 Å². The fourth-order valence-electron chi connectivity index (χ4n) is 4.42. The summed E-state index contributed by atoms with van der Waals surface area (Å²) in [6, 6.07) is 17.7. The van der Waals surface area contributed by atoms with Crippen LogP contribution in [0.4, 0.5) is 9.52 Å². The molecule has 6 nitrogen and oxygen atoms in total. The summed E-state index contributed by atoms with van der Waals surface area (Å²) in [5, 5.41) is 0.756. The third-order valence-electron chi connectivity index (χ3n) is 5.97. The summed E-state index contributed by atoms with van der Waals surface area (Å²) in [7, 11) is 0. The molecule has 0 spiro atoms. The van der Waals surface area contributed by atoms with E-state index >= 15 is 0 Å². The van der Waals surface area contributed by atoms with E-state index in [2.05, 4.69) is 4.98 Å². The molecule has 2 aromatic heterocycles. The molecule has 0 radical (unpaired) electrons. The standard InChI is InChI=1S/C27H19FN2O4S/c1-2-12-33-17-7-5-6-15(13-17)23-22-24(31)18-8-3-4-9-20(18)34-25(22)26(32)30(23)27-29-19-11-10-16(28)14-21(19)35-27/h3-11,13-14,23H,2,12H2,1H3/t23-/m0/s1. The molecule has 0 saturated carbocycles. The minimum Gasteiger partial charge on any atom is -0.494 e. The van der Waals surface area contributed by atoms with E-state index in [1.54, 1.807) is 30.3 Å². The molecule has 1 amide bonds. The highest BCUT2D eigenvalue weighted by Gasteiger charge is 2.45. The van der Waals surface area contributed by atoms with Gasteiger partial charge in [0.25, 0.3) is 5.91 Å². The van der Waals surface area contributed by atoms with Gasteiger partial charge in [0.1, 0.15) is 17.1 Å². The molecule has 174 valence electrons. The van der Waals surface area contributed by atoms with Crippen LogP contribution >= 0.6 is 11.3 Å². The number of ether oxygens (including phenoxy) is 1. The smallest absolute Gasteiger partial charge is 0.297 e. The highest BCUT2D eigenvalue weighted by molar-refractivity contribution is 7.22. The van der Waals surface area contributed by atoms with Gasteiger partial charge < -0.3 is 9.15 Å². The van der Waals surface area contributed by atoms with Crippen LogP contribution in [0.1, 0.15) is 41.1 Å². The second-order valence-electron chi connectivity index (χ2n) is 8.28. The zero-order chi connectivity index (χ0) is 24.1. The predicted molar refractivity (Wildman–Crippen MR) is 133 cm³/mol. The highest BCUT2D eigenvalue weighted by Crippen LogP contribution is 2.44. The molecule has 8 heteroatoms. The van der Waals surface area contributed by atoms with Gasteiger partial charge in [-0.25, -0.2) is 9.37 Å². The number of para-hydroxylation sites is 1. The van der Waals surface area contributed by atoms with Crippen molar-refractivity contribution < 1.29 is 18.3 Å². The number of anilines is 1. The number of amides is 1. The van der Waals surface area contributed by atoms with Gasteiger partial charge in [0.2, 0.25) is 5.76 Å². The first-order chi connectivity index (χ1) is 17.0. The largest absolute Gasteiger partial charge is 0.494 e. The van der Waals surface area contributed by atoms with Crippen LogP contribution in [-0.2, 0) is 0 Å². The number of hydrogen-bond acceptors (Lipinski definition) is 6. The summed E-state index contributed by atoms with van der Waals surface area (Å²) in [4.78, 5) is 33.5. The lowest BCUT2D eigenvalue weighted by Gasteiger charge is -2.23. The number of hydrogen-bond donors (Lipinski definition) is 0. The molecular formula is C27H19FN2O4S. The molecule has 5 aromatic rings. The zero-order valence-electron chi connectivity index (χ0n) is 18.7. The Morgan fingerprint density at radius 2 is 1.94 bits per heavy atom. The van der Waals surface area contributed by atoms with Crippen LogP contribution < -0.4 is 15.1 Å². The number of halogens is 1. The van der Waals surface area contributed by atoms with Crippen LogP contribution in [0.25, 0.3) is 21.2 Å². The van der Waals surface area contributed by atoms with Crippen molar-refractivity contribution in [2.45, 2.75) is 19.4 Å². The maximum atomic E-state index is 13.8. The van der Waals surface area contributed by atoms with Crippen LogP contribution in [-0.4, -0.2) is 17.5 Å². The Kier molecular flexibility index (Phi) is 5.11. The van der Waals surface area contributed by atoms with Crippen LogP contribution in [0.15, 0.2) is 75.9 Å². The molecular weight excluding hydrogens is 467 g/mol. The third-order valence-corrected chi connectivity index (χ3v) is 6.99. The molecule has 3 aromatic carbocycles. The van der Waals surface area contributed by atoms with Crippen LogP contribution in [0.2, 0.25) is 0 Å². The fourth-order valence-corrected chi connectivity index (χ4v) is 5.43. The van der Waals surface area contributed by atoms with Crippen molar-refractivity contribution in [3.8, 4) is 5.75 Å². The minimum atomic E-state index is -0.769. The van der Waals surface area contributed by atoms with Gasteiger partial charge in [-0.15, -0.1) is 0 Å². The molecule has 0 unspecified atom stereocenters. The first kappa shape index (κ1) is 21.5. The minimum absolute atomic E-state index is 0.0102. The van der Waals surface area contributed by atoms with Crippen LogP contribution in [0, 0.1) is 5.82 Å². The average Bonchev–Trinajstić information content (AvgIpc) is 3.41. The Labute approximate surface area is 203 Å². The second kappa shape index (κ2) is 8.32. The molecule has 1 aliphatic heterocycles. The molecule has 0 aliphatic carbocycles. The summed E-state index contributed by atoms with van der Waals surface area (Å²) in [5.74, 6) is -0.220. The van der Waals surface area contributed by atoms with Gasteiger partial charge in [0.15, 0.2) is 10.6 Å². The first-order valence-electron chi connectivity index (χ1n) is 11.2. The van der Waals surface area contributed by atoms with Crippen molar-refractivity contribution >= 4 is 43.6 Å². The number of aromatic nitrogens is 1. The lowest BCUT2D eigenvalue weighted by atomic mass is 9.98. The summed E-state index contributed by atoms with van der Waals surface area (Å²) < 4.78 is 26.2. The van der Waals surface area contributed by atoms with Gasteiger partial charge in [-0.3, -0.25) is 14.5 Å². The van der Waals surface area contributed by atoms with Crippen molar-refractivity contribution in [3.05, 3.63) is 99.7 Å². The van der Waals surface area contributed by atoms with Crippen molar-refractivity contribution in [1.29, 1.82) is 0 Å². The summed E-state index contributed by atoms with van der Waals surface area (Å²) >= 11 is 1.19. The number of carbonyl (C=O) groups excluding carboxylic acids is 1. The third kappa shape index (κ3) is 3.49. The quantitative estimate of drug-likeness (QED) is 0.301. The Hall–Kier alpha value is -4.04. The molecule has 35 heavy (non-hydrogen) atoms. The van der Waals surface area contributed by atoms with Gasteiger partial charge in [-0.1, -0.05) is 42.5 Å². The van der Waals surface area contributed by atoms with E-state index in [1.165, 1.54) is 28.4 Å². The Balaban J connectivity index is 1.59. The highest BCUT2D eigenvalue weighted by atomic mass is 32.1. The maximum absolute atomic E-state index is 13.8. The molecule has 1 atom stereocenters. The lowest BCUT2D eigenvalue weighted by Crippen LogP contribution is -2.29. The van der Waals surface area contributed by atoms with Gasteiger partial charge in [0.05, 0.1) is 33.8 Å². The SMILES string of the molecule is CCCOc1cccc([C@H]2c3c(oc4ccccc4c3=O)C(=O)N2c2nc3ccc(F)cc3s2)c1. The Morgan fingerprint density at radius 1 is 1.09 bits per heavy atom. The summed E-state index contributed by atoms with van der Waals surface area (Å²) in [6.07, 6.45) is 0.846. The zero-order valence-corrected chi connectivity index (χ0v) is 19.5. The number of carbonyl (C=O) groups is 1. The van der Waals surface area contributed by atoms with Crippen molar-refractivity contribution in [3.63, 3.8) is 0 Å². The average molecular weight is 487 g/mol. The van der Waals surface area contributed by atoms with Crippen LogP contribution in [0.5, 0.6) is 5.75 Å². The number of thiazole rings is 1. The molecule has 3 heterocycles. The second-order valence-corrected chi connectivity index (χ2v) is 9.29. The molecule has 6 rings (SSSR count). The van der Waals surface area contributed by atoms with Crippen molar-refractivity contribution in [2.24, 2.45) is 0 Å². The Morgan fingerprint density at radius 3 is 2.80 bits per heavy atom. The van der Waals surface area contributed by atoms with Gasteiger partial charge >= 0.3 is 0 Å². The monoisotopic (exact) mass is 486 g/mol. The number of fused-ring (bicyclic) bond motifs is 3. The number of rotatable bonds is 5. The molecule has 0 fully saturated rings. The topological polar surface area (TPSA) is 72.6 Å². The van der Waals surface area contributed by atoms with E-state index in [4.69, 9.17) is 9.15 Å². The predicted octanol–water partition coefficient (Wildman–Crippen LogP) is 6.08. The first-order valence-corrected chi connectivity index (χ1v) is 12.0. The molecule has 0 saturated heterocycles. The van der Waals surface area contributed by atoms with Crippen molar-refractivity contribution in [2.75, 3.05) is 11.5 Å². The number of benzene rings is 3. The molecule has 0 N–H and O–H groups in total. The Bertz CT molecular complexity index is 1680. The van der Waals surface area contributed by atoms with E-state index in [-0.39, 0.29) is 22.6 Å². The fraction of sp³-hybridized carbons (Fsp3) is 0.148. The van der Waals surface area contributed by atoms with E-state index in [1.807, 2.05) is 31.2 Å². The normalized spacial score (nSPS) is 15.2. The van der Waals surface area contributed by atoms with Gasteiger partial charge in [0, 0.05) is 0 Å². The van der Waals surface area contributed by atoms with E-state index in [0.29, 0.717) is 44.2 Å². The van der Waals surface area contributed by atoms with Gasteiger partial charge in [-0.2, -0.15) is 0 Å². The number of nitrogens with zero attached hydrogens (tertiary/aromatic N) is 2. The summed E-state index contributed by atoms with van der Waals surface area (Å²) in [5.41, 5.74) is 1.59. The maximum Gasteiger partial charge on any atom is 0.297 e. The lowest BCUT2D eigenvalue weighted by molar-refractivity contribution is 0.0971. The van der Waals surface area contributed by atoms with E-state index < -0.39 is 11.9 Å². The molecule has 1 aliphatic rings. The van der Waals surface area contributed by atoms with E-state index in [9.17, 15) is 14.0 Å². The summed E-state index contributed by atoms with van der Waals surface area (Å²) in [6.45, 7) is 2.56.